The SMILES string of the molecule is OC1CCC(c2ccc(Cl)c(Cl)c2)([C@@H]2CCNC2)CC1. The molecule has 0 bridgehead atoms. The summed E-state index contributed by atoms with van der Waals surface area (Å²) < 4.78 is 0. The van der Waals surface area contributed by atoms with Crippen LogP contribution in [0.2, 0.25) is 10.0 Å². The van der Waals surface area contributed by atoms with E-state index in [0.29, 0.717) is 16.0 Å². The van der Waals surface area contributed by atoms with Crippen molar-refractivity contribution in [3.8, 4) is 0 Å². The van der Waals surface area contributed by atoms with E-state index in [-0.39, 0.29) is 11.5 Å². The van der Waals surface area contributed by atoms with Crippen molar-refractivity contribution in [2.24, 2.45) is 5.92 Å². The van der Waals surface area contributed by atoms with Crippen LogP contribution in [0.15, 0.2) is 18.2 Å². The van der Waals surface area contributed by atoms with Crippen molar-refractivity contribution in [1.29, 1.82) is 0 Å². The van der Waals surface area contributed by atoms with Gasteiger partial charge in [-0.1, -0.05) is 29.3 Å². The Hall–Kier alpha value is -0.280. The zero-order valence-corrected chi connectivity index (χ0v) is 13.1. The summed E-state index contributed by atoms with van der Waals surface area (Å²) in [5.41, 5.74) is 1.45. The fourth-order valence-corrected chi connectivity index (χ4v) is 4.28. The van der Waals surface area contributed by atoms with Crippen molar-refractivity contribution >= 4 is 23.2 Å². The summed E-state index contributed by atoms with van der Waals surface area (Å²) in [4.78, 5) is 0. The lowest BCUT2D eigenvalue weighted by Gasteiger charge is -2.44. The van der Waals surface area contributed by atoms with Gasteiger partial charge in [-0.2, -0.15) is 0 Å². The third kappa shape index (κ3) is 2.59. The second-order valence-corrected chi connectivity index (χ2v) is 7.02. The molecule has 1 heterocycles. The third-order valence-electron chi connectivity index (χ3n) is 5.18. The Morgan fingerprint density at radius 1 is 1.10 bits per heavy atom. The summed E-state index contributed by atoms with van der Waals surface area (Å²) in [7, 11) is 0. The predicted molar refractivity (Wildman–Crippen MR) is 83.6 cm³/mol. The molecule has 1 atom stereocenters. The highest BCUT2D eigenvalue weighted by molar-refractivity contribution is 6.42. The van der Waals surface area contributed by atoms with E-state index in [1.54, 1.807) is 0 Å². The molecule has 1 aliphatic carbocycles. The Kier molecular flexibility index (Phi) is 4.28. The summed E-state index contributed by atoms with van der Waals surface area (Å²) in [5, 5.41) is 14.6. The number of aliphatic hydroxyl groups excluding tert-OH is 1. The third-order valence-corrected chi connectivity index (χ3v) is 5.92. The Labute approximate surface area is 130 Å². The smallest absolute Gasteiger partial charge is 0.0595 e. The van der Waals surface area contributed by atoms with Gasteiger partial charge in [0.15, 0.2) is 0 Å². The van der Waals surface area contributed by atoms with Gasteiger partial charge in [0.2, 0.25) is 0 Å². The van der Waals surface area contributed by atoms with Crippen LogP contribution in [0.4, 0.5) is 0 Å². The lowest BCUT2D eigenvalue weighted by Crippen LogP contribution is -2.41. The average Bonchev–Trinajstić information content (AvgIpc) is 2.98. The van der Waals surface area contributed by atoms with Crippen LogP contribution in [0, 0.1) is 5.92 Å². The molecule has 20 heavy (non-hydrogen) atoms. The Balaban J connectivity index is 1.97. The van der Waals surface area contributed by atoms with Crippen LogP contribution in [-0.4, -0.2) is 24.3 Å². The Morgan fingerprint density at radius 2 is 1.85 bits per heavy atom. The van der Waals surface area contributed by atoms with Crippen LogP contribution in [-0.2, 0) is 5.41 Å². The quantitative estimate of drug-likeness (QED) is 0.871. The van der Waals surface area contributed by atoms with Gasteiger partial charge in [0, 0.05) is 0 Å². The van der Waals surface area contributed by atoms with Crippen molar-refractivity contribution < 1.29 is 5.11 Å². The highest BCUT2D eigenvalue weighted by atomic mass is 35.5. The second kappa shape index (κ2) is 5.84. The molecule has 2 aliphatic rings. The van der Waals surface area contributed by atoms with Gasteiger partial charge < -0.3 is 10.4 Å². The second-order valence-electron chi connectivity index (χ2n) is 6.21. The van der Waals surface area contributed by atoms with Crippen molar-refractivity contribution in [2.75, 3.05) is 13.1 Å². The Bertz CT molecular complexity index is 477. The lowest BCUT2D eigenvalue weighted by atomic mass is 9.61. The van der Waals surface area contributed by atoms with E-state index in [1.807, 2.05) is 12.1 Å². The molecule has 1 aromatic rings. The van der Waals surface area contributed by atoms with Crippen LogP contribution in [0.3, 0.4) is 0 Å². The number of hydrogen-bond donors (Lipinski definition) is 2. The van der Waals surface area contributed by atoms with E-state index < -0.39 is 0 Å². The van der Waals surface area contributed by atoms with Gasteiger partial charge in [-0.15, -0.1) is 0 Å². The number of nitrogens with one attached hydrogen (secondary N) is 1. The molecule has 2 fully saturated rings. The van der Waals surface area contributed by atoms with Crippen LogP contribution in [0.5, 0.6) is 0 Å². The van der Waals surface area contributed by atoms with Crippen LogP contribution in [0.1, 0.15) is 37.7 Å². The molecule has 4 heteroatoms. The molecule has 1 saturated heterocycles. The molecule has 2 nitrogen and oxygen atoms in total. The standard InChI is InChI=1S/C16H21Cl2NO/c17-14-2-1-11(9-15(14)18)16(12-5-8-19-10-12)6-3-13(20)4-7-16/h1-2,9,12-13,19-20H,3-8,10H2/t12-,13?,16?/m1/s1. The van der Waals surface area contributed by atoms with Gasteiger partial charge in [0.25, 0.3) is 0 Å². The highest BCUT2D eigenvalue weighted by Crippen LogP contribution is 2.48. The predicted octanol–water partition coefficient (Wildman–Crippen LogP) is 3.78. The molecular weight excluding hydrogens is 293 g/mol. The zero-order valence-electron chi connectivity index (χ0n) is 11.5. The van der Waals surface area contributed by atoms with Gasteiger partial charge >= 0.3 is 0 Å². The minimum Gasteiger partial charge on any atom is -0.393 e. The molecule has 0 unspecified atom stereocenters. The monoisotopic (exact) mass is 313 g/mol. The molecule has 0 aromatic heterocycles. The molecule has 2 N–H and O–H groups in total. The first-order chi connectivity index (χ1) is 9.62. The minimum absolute atomic E-state index is 0.139. The van der Waals surface area contributed by atoms with E-state index in [2.05, 4.69) is 11.4 Å². The first kappa shape index (κ1) is 14.6. The van der Waals surface area contributed by atoms with Crippen molar-refractivity contribution in [2.45, 2.75) is 43.6 Å². The maximum absolute atomic E-state index is 9.87. The van der Waals surface area contributed by atoms with Gasteiger partial charge in [-0.25, -0.2) is 0 Å². The summed E-state index contributed by atoms with van der Waals surface area (Å²) >= 11 is 12.3. The van der Waals surface area contributed by atoms with Gasteiger partial charge in [-0.3, -0.25) is 0 Å². The normalized spacial score (nSPS) is 34.4. The highest BCUT2D eigenvalue weighted by Gasteiger charge is 2.43. The fraction of sp³-hybridized carbons (Fsp3) is 0.625. The van der Waals surface area contributed by atoms with Crippen LogP contribution < -0.4 is 5.32 Å². The number of benzene rings is 1. The summed E-state index contributed by atoms with van der Waals surface area (Å²) in [6, 6.07) is 6.08. The Morgan fingerprint density at radius 3 is 2.45 bits per heavy atom. The first-order valence-electron chi connectivity index (χ1n) is 7.46. The lowest BCUT2D eigenvalue weighted by molar-refractivity contribution is 0.0745. The van der Waals surface area contributed by atoms with Crippen LogP contribution >= 0.6 is 23.2 Å². The van der Waals surface area contributed by atoms with Crippen molar-refractivity contribution in [3.63, 3.8) is 0 Å². The molecule has 0 radical (unpaired) electrons. The molecule has 1 aromatic carbocycles. The van der Waals surface area contributed by atoms with E-state index in [9.17, 15) is 5.11 Å². The molecule has 1 saturated carbocycles. The number of halogens is 2. The fourth-order valence-electron chi connectivity index (χ4n) is 3.98. The van der Waals surface area contributed by atoms with Gasteiger partial charge in [0.05, 0.1) is 16.1 Å². The van der Waals surface area contributed by atoms with E-state index in [0.717, 1.165) is 38.8 Å². The largest absolute Gasteiger partial charge is 0.393 e. The molecule has 0 spiro atoms. The van der Waals surface area contributed by atoms with E-state index >= 15 is 0 Å². The molecule has 110 valence electrons. The topological polar surface area (TPSA) is 32.3 Å². The van der Waals surface area contributed by atoms with Crippen molar-refractivity contribution in [3.05, 3.63) is 33.8 Å². The van der Waals surface area contributed by atoms with Gasteiger partial charge in [0.1, 0.15) is 0 Å². The van der Waals surface area contributed by atoms with Crippen LogP contribution in [0.25, 0.3) is 0 Å². The minimum atomic E-state index is -0.139. The summed E-state index contributed by atoms with van der Waals surface area (Å²) in [5.74, 6) is 0.632. The summed E-state index contributed by atoms with van der Waals surface area (Å²) in [6.07, 6.45) is 4.92. The zero-order chi connectivity index (χ0) is 14.2. The number of rotatable bonds is 2. The molecule has 3 rings (SSSR count). The summed E-state index contributed by atoms with van der Waals surface area (Å²) in [6.45, 7) is 2.16. The number of hydrogen-bond acceptors (Lipinski definition) is 2. The van der Waals surface area contributed by atoms with Gasteiger partial charge in [-0.05, 0) is 74.2 Å². The molecular formula is C16H21Cl2NO. The molecule has 0 amide bonds. The number of aliphatic hydroxyl groups is 1. The maximum atomic E-state index is 9.87. The van der Waals surface area contributed by atoms with E-state index in [1.165, 1.54) is 12.0 Å². The first-order valence-corrected chi connectivity index (χ1v) is 8.22. The average molecular weight is 314 g/mol. The van der Waals surface area contributed by atoms with Crippen molar-refractivity contribution in [1.82, 2.24) is 5.32 Å². The maximum Gasteiger partial charge on any atom is 0.0595 e. The molecule has 1 aliphatic heterocycles. The van der Waals surface area contributed by atoms with E-state index in [4.69, 9.17) is 23.2 Å².